The van der Waals surface area contributed by atoms with E-state index >= 15 is 0 Å². The number of nitrogens with one attached hydrogen (secondary N) is 1. The summed E-state index contributed by atoms with van der Waals surface area (Å²) < 4.78 is 15.5. The van der Waals surface area contributed by atoms with E-state index in [0.29, 0.717) is 12.3 Å². The second-order valence-electron chi connectivity index (χ2n) is 7.52. The van der Waals surface area contributed by atoms with Gasteiger partial charge in [-0.2, -0.15) is 0 Å². The van der Waals surface area contributed by atoms with E-state index in [-0.39, 0.29) is 17.3 Å². The number of aryl methyl sites for hydroxylation is 1. The Bertz CT molecular complexity index is 796. The zero-order chi connectivity index (χ0) is 17.6. The Kier molecular flexibility index (Phi) is 3.82. The van der Waals surface area contributed by atoms with Gasteiger partial charge < -0.3 is 14.8 Å². The van der Waals surface area contributed by atoms with Crippen LogP contribution in [0.3, 0.4) is 0 Å². The lowest BCUT2D eigenvalue weighted by molar-refractivity contribution is 0.0693. The number of piperidine rings is 1. The highest BCUT2D eigenvalue weighted by Crippen LogP contribution is 2.43. The molecule has 3 aliphatic rings. The van der Waals surface area contributed by atoms with Gasteiger partial charge in [0.05, 0.1) is 5.54 Å². The number of amides is 1. The van der Waals surface area contributed by atoms with Gasteiger partial charge >= 0.3 is 0 Å². The SMILES string of the molecule is Cn1cccc1C(=O)N1CCC(C2=CNC3(C)CC(F)=CC=C23)CC1. The molecule has 3 heterocycles. The van der Waals surface area contributed by atoms with Crippen LogP contribution in [-0.2, 0) is 7.05 Å². The molecule has 4 rings (SSSR count). The molecular weight excluding hydrogens is 317 g/mol. The van der Waals surface area contributed by atoms with Gasteiger partial charge in [0.15, 0.2) is 0 Å². The van der Waals surface area contributed by atoms with Crippen LogP contribution in [0.5, 0.6) is 0 Å². The van der Waals surface area contributed by atoms with Gasteiger partial charge in [-0.1, -0.05) is 6.08 Å². The first-order valence-corrected chi connectivity index (χ1v) is 8.93. The number of rotatable bonds is 2. The van der Waals surface area contributed by atoms with Crippen molar-refractivity contribution in [2.24, 2.45) is 13.0 Å². The number of likely N-dealkylation sites (tertiary alicyclic amines) is 1. The summed E-state index contributed by atoms with van der Waals surface area (Å²) in [5, 5.41) is 3.38. The number of allylic oxidation sites excluding steroid dienone is 2. The Balaban J connectivity index is 1.45. The molecule has 0 radical (unpaired) electrons. The lowest BCUT2D eigenvalue weighted by Crippen LogP contribution is -2.41. The highest BCUT2D eigenvalue weighted by atomic mass is 19.1. The average Bonchev–Trinajstić information content (AvgIpc) is 3.16. The van der Waals surface area contributed by atoms with E-state index < -0.39 is 0 Å². The minimum absolute atomic E-state index is 0.0728. The van der Waals surface area contributed by atoms with Crippen molar-refractivity contribution >= 4 is 5.91 Å². The maximum absolute atomic E-state index is 13.7. The van der Waals surface area contributed by atoms with E-state index in [2.05, 4.69) is 18.4 Å². The van der Waals surface area contributed by atoms with Crippen LogP contribution in [0.25, 0.3) is 0 Å². The lowest BCUT2D eigenvalue weighted by atomic mass is 9.77. The summed E-state index contributed by atoms with van der Waals surface area (Å²) in [4.78, 5) is 14.6. The molecule has 5 heteroatoms. The molecule has 1 atom stereocenters. The molecule has 25 heavy (non-hydrogen) atoms. The highest BCUT2D eigenvalue weighted by Gasteiger charge is 2.40. The molecule has 1 amide bonds. The number of hydrogen-bond acceptors (Lipinski definition) is 2. The molecule has 2 aliphatic heterocycles. The molecular formula is C20H24FN3O. The van der Waals surface area contributed by atoms with Crippen molar-refractivity contribution in [1.29, 1.82) is 0 Å². The largest absolute Gasteiger partial charge is 0.381 e. The minimum Gasteiger partial charge on any atom is -0.381 e. The monoisotopic (exact) mass is 341 g/mol. The van der Waals surface area contributed by atoms with Crippen molar-refractivity contribution in [2.75, 3.05) is 13.1 Å². The molecule has 0 aromatic carbocycles. The summed E-state index contributed by atoms with van der Waals surface area (Å²) in [6, 6.07) is 3.77. The predicted octanol–water partition coefficient (Wildman–Crippen LogP) is 3.31. The topological polar surface area (TPSA) is 37.3 Å². The van der Waals surface area contributed by atoms with E-state index in [1.807, 2.05) is 40.9 Å². The second-order valence-corrected chi connectivity index (χ2v) is 7.52. The summed E-state index contributed by atoms with van der Waals surface area (Å²) in [5.74, 6) is 0.459. The summed E-state index contributed by atoms with van der Waals surface area (Å²) in [7, 11) is 1.90. The molecule has 4 nitrogen and oxygen atoms in total. The average molecular weight is 341 g/mol. The maximum Gasteiger partial charge on any atom is 0.270 e. The van der Waals surface area contributed by atoms with Crippen LogP contribution in [0.4, 0.5) is 4.39 Å². The Morgan fingerprint density at radius 2 is 2.08 bits per heavy atom. The summed E-state index contributed by atoms with van der Waals surface area (Å²) in [5.41, 5.74) is 2.92. The first-order valence-electron chi connectivity index (χ1n) is 8.93. The van der Waals surface area contributed by atoms with Gasteiger partial charge in [-0.15, -0.1) is 0 Å². The summed E-state index contributed by atoms with van der Waals surface area (Å²) in [6.07, 6.45) is 9.78. The smallest absolute Gasteiger partial charge is 0.270 e. The van der Waals surface area contributed by atoms with Crippen molar-refractivity contribution in [3.63, 3.8) is 0 Å². The van der Waals surface area contributed by atoms with Crippen LogP contribution in [0.2, 0.25) is 0 Å². The predicted molar refractivity (Wildman–Crippen MR) is 95.6 cm³/mol. The number of fused-ring (bicyclic) bond motifs is 1. The molecule has 0 bridgehead atoms. The van der Waals surface area contributed by atoms with Gasteiger partial charge in [0.1, 0.15) is 11.5 Å². The molecule has 1 aliphatic carbocycles. The Labute approximate surface area is 147 Å². The van der Waals surface area contributed by atoms with Gasteiger partial charge in [-0.25, -0.2) is 4.39 Å². The molecule has 1 aromatic heterocycles. The Hall–Kier alpha value is -2.30. The van der Waals surface area contributed by atoms with E-state index in [9.17, 15) is 9.18 Å². The fraction of sp³-hybridized carbons (Fsp3) is 0.450. The molecule has 1 N–H and O–H groups in total. The van der Waals surface area contributed by atoms with Crippen molar-refractivity contribution in [3.8, 4) is 0 Å². The van der Waals surface area contributed by atoms with E-state index in [1.165, 1.54) is 11.1 Å². The molecule has 0 saturated carbocycles. The molecule has 1 unspecified atom stereocenters. The normalized spacial score (nSPS) is 26.5. The van der Waals surface area contributed by atoms with E-state index in [1.54, 1.807) is 6.08 Å². The molecule has 1 aromatic rings. The number of halogens is 1. The molecule has 0 spiro atoms. The first kappa shape index (κ1) is 16.2. The quantitative estimate of drug-likeness (QED) is 0.896. The van der Waals surface area contributed by atoms with Crippen molar-refractivity contribution < 1.29 is 9.18 Å². The van der Waals surface area contributed by atoms with Crippen molar-refractivity contribution in [1.82, 2.24) is 14.8 Å². The van der Waals surface area contributed by atoms with Gasteiger partial charge in [0.25, 0.3) is 5.91 Å². The number of aromatic nitrogens is 1. The zero-order valence-electron chi connectivity index (χ0n) is 14.8. The molecule has 1 saturated heterocycles. The van der Waals surface area contributed by atoms with Crippen LogP contribution in [0, 0.1) is 5.92 Å². The first-order chi connectivity index (χ1) is 12.0. The number of carbonyl (C=O) groups excluding carboxylic acids is 1. The van der Waals surface area contributed by atoms with E-state index in [0.717, 1.165) is 31.6 Å². The number of nitrogens with zero attached hydrogens (tertiary/aromatic N) is 2. The lowest BCUT2D eigenvalue weighted by Gasteiger charge is -2.35. The van der Waals surface area contributed by atoms with Crippen LogP contribution in [0.1, 0.15) is 36.7 Å². The third-order valence-electron chi connectivity index (χ3n) is 5.79. The number of hydrogen-bond donors (Lipinski definition) is 1. The second kappa shape index (κ2) is 5.90. The minimum atomic E-state index is -0.315. The standard InChI is InChI=1S/C20H24FN3O/c1-20-12-15(21)5-6-17(20)16(13-22-20)14-7-10-24(11-8-14)19(25)18-4-3-9-23(18)2/h3-6,9,13-14,22H,7-8,10-12H2,1-2H3. The van der Waals surface area contributed by atoms with Gasteiger partial charge in [-0.3, -0.25) is 4.79 Å². The van der Waals surface area contributed by atoms with Crippen LogP contribution >= 0.6 is 0 Å². The van der Waals surface area contributed by atoms with Crippen LogP contribution in [-0.4, -0.2) is 34.0 Å². The zero-order valence-corrected chi connectivity index (χ0v) is 14.8. The van der Waals surface area contributed by atoms with Gasteiger partial charge in [-0.05, 0) is 55.0 Å². The Morgan fingerprint density at radius 3 is 2.76 bits per heavy atom. The van der Waals surface area contributed by atoms with Gasteiger partial charge in [0.2, 0.25) is 0 Å². The number of carbonyl (C=O) groups is 1. The molecule has 1 fully saturated rings. The van der Waals surface area contributed by atoms with Crippen molar-refractivity contribution in [3.05, 3.63) is 59.3 Å². The third-order valence-corrected chi connectivity index (χ3v) is 5.79. The maximum atomic E-state index is 13.7. The van der Waals surface area contributed by atoms with Crippen LogP contribution in [0.15, 0.2) is 53.7 Å². The fourth-order valence-corrected chi connectivity index (χ4v) is 4.28. The van der Waals surface area contributed by atoms with Crippen molar-refractivity contribution in [2.45, 2.75) is 31.7 Å². The van der Waals surface area contributed by atoms with Crippen LogP contribution < -0.4 is 5.32 Å². The third kappa shape index (κ3) is 2.71. The highest BCUT2D eigenvalue weighted by molar-refractivity contribution is 5.92. The summed E-state index contributed by atoms with van der Waals surface area (Å²) in [6.45, 7) is 3.59. The Morgan fingerprint density at radius 1 is 1.32 bits per heavy atom. The van der Waals surface area contributed by atoms with Gasteiger partial charge in [0, 0.05) is 39.0 Å². The molecule has 132 valence electrons. The van der Waals surface area contributed by atoms with E-state index in [4.69, 9.17) is 0 Å². The fourth-order valence-electron chi connectivity index (χ4n) is 4.28. The summed E-state index contributed by atoms with van der Waals surface area (Å²) >= 11 is 0.